The van der Waals surface area contributed by atoms with Gasteiger partial charge in [-0.1, -0.05) is 17.7 Å². The van der Waals surface area contributed by atoms with E-state index in [1.54, 1.807) is 18.2 Å². The minimum absolute atomic E-state index is 0.0892. The minimum Gasteiger partial charge on any atom is -0.481 e. The largest absolute Gasteiger partial charge is 0.481 e. The molecule has 1 atom stereocenters. The molecule has 0 spiro atoms. The van der Waals surface area contributed by atoms with Crippen LogP contribution in [0.15, 0.2) is 22.7 Å². The Kier molecular flexibility index (Phi) is 3.92. The molecule has 0 saturated heterocycles. The fourth-order valence-electron chi connectivity index (χ4n) is 1.05. The number of benzene rings is 1. The van der Waals surface area contributed by atoms with Gasteiger partial charge in [0.25, 0.3) is 0 Å². The molecule has 1 aromatic rings. The molecule has 0 heterocycles. The molecule has 0 amide bonds. The number of aliphatic carboxylic acids is 1. The van der Waals surface area contributed by atoms with Crippen LogP contribution in [0.1, 0.15) is 18.0 Å². The Hall–Kier alpha value is -0.580. The predicted octanol–water partition coefficient (Wildman–Crippen LogP) is 2.58. The van der Waals surface area contributed by atoms with Crippen LogP contribution in [0.2, 0.25) is 5.02 Å². The summed E-state index contributed by atoms with van der Waals surface area (Å²) >= 11 is 9.03. The Balaban J connectivity index is 2.85. The SMILES string of the molecule is NC(CC(=O)O)c1ccc(Cl)c(Br)c1. The topological polar surface area (TPSA) is 63.3 Å². The van der Waals surface area contributed by atoms with E-state index in [9.17, 15) is 4.79 Å². The van der Waals surface area contributed by atoms with E-state index in [4.69, 9.17) is 22.4 Å². The first kappa shape index (κ1) is 11.5. The maximum Gasteiger partial charge on any atom is 0.305 e. The van der Waals surface area contributed by atoms with Gasteiger partial charge in [0.05, 0.1) is 11.4 Å². The van der Waals surface area contributed by atoms with Gasteiger partial charge in [0.1, 0.15) is 0 Å². The molecular formula is C9H9BrClNO2. The molecule has 1 aromatic carbocycles. The Morgan fingerprint density at radius 2 is 2.29 bits per heavy atom. The average Bonchev–Trinajstić information content (AvgIpc) is 2.08. The minimum atomic E-state index is -0.913. The second-order valence-electron chi connectivity index (χ2n) is 2.88. The molecule has 14 heavy (non-hydrogen) atoms. The highest BCUT2D eigenvalue weighted by Gasteiger charge is 2.11. The highest BCUT2D eigenvalue weighted by molar-refractivity contribution is 9.10. The maximum atomic E-state index is 10.4. The third-order valence-electron chi connectivity index (χ3n) is 1.77. The Labute approximate surface area is 95.0 Å². The van der Waals surface area contributed by atoms with Crippen LogP contribution in [0.3, 0.4) is 0 Å². The summed E-state index contributed by atoms with van der Waals surface area (Å²) in [6.07, 6.45) is -0.0892. The summed E-state index contributed by atoms with van der Waals surface area (Å²) in [6, 6.07) is 4.64. The summed E-state index contributed by atoms with van der Waals surface area (Å²) in [5.41, 5.74) is 6.42. The van der Waals surface area contributed by atoms with Gasteiger partial charge in [-0.05, 0) is 33.6 Å². The quantitative estimate of drug-likeness (QED) is 0.893. The summed E-state index contributed by atoms with van der Waals surface area (Å²) < 4.78 is 0.720. The number of hydrogen-bond donors (Lipinski definition) is 2. The van der Waals surface area contributed by atoms with Crippen LogP contribution < -0.4 is 5.73 Å². The van der Waals surface area contributed by atoms with Gasteiger partial charge in [-0.2, -0.15) is 0 Å². The molecule has 1 rings (SSSR count). The van der Waals surface area contributed by atoms with Gasteiger partial charge in [0.2, 0.25) is 0 Å². The standard InChI is InChI=1S/C9H9BrClNO2/c10-6-3-5(1-2-7(6)11)8(12)4-9(13)14/h1-3,8H,4,12H2,(H,13,14). The molecule has 0 bridgehead atoms. The fraction of sp³-hybridized carbons (Fsp3) is 0.222. The summed E-state index contributed by atoms with van der Waals surface area (Å²) in [4.78, 5) is 10.4. The third-order valence-corrected chi connectivity index (χ3v) is 2.98. The number of carbonyl (C=O) groups is 1. The van der Waals surface area contributed by atoms with E-state index < -0.39 is 12.0 Å². The molecule has 3 nitrogen and oxygen atoms in total. The number of hydrogen-bond acceptors (Lipinski definition) is 2. The smallest absolute Gasteiger partial charge is 0.305 e. The van der Waals surface area contributed by atoms with Crippen molar-refractivity contribution in [1.82, 2.24) is 0 Å². The lowest BCUT2D eigenvalue weighted by atomic mass is 10.1. The summed E-state index contributed by atoms with van der Waals surface area (Å²) in [5, 5.41) is 9.13. The Morgan fingerprint density at radius 1 is 1.64 bits per heavy atom. The van der Waals surface area contributed by atoms with Crippen LogP contribution in [0.5, 0.6) is 0 Å². The molecule has 0 aromatic heterocycles. The van der Waals surface area contributed by atoms with Crippen molar-refractivity contribution in [2.24, 2.45) is 5.73 Å². The van der Waals surface area contributed by atoms with Crippen LogP contribution in [0, 0.1) is 0 Å². The molecule has 76 valence electrons. The van der Waals surface area contributed by atoms with E-state index >= 15 is 0 Å². The normalized spacial score (nSPS) is 12.5. The maximum absolute atomic E-state index is 10.4. The van der Waals surface area contributed by atoms with Gasteiger partial charge < -0.3 is 10.8 Å². The van der Waals surface area contributed by atoms with Crippen LogP contribution >= 0.6 is 27.5 Å². The van der Waals surface area contributed by atoms with E-state index in [0.717, 1.165) is 10.0 Å². The first-order valence-electron chi connectivity index (χ1n) is 3.93. The lowest BCUT2D eigenvalue weighted by molar-refractivity contribution is -0.137. The lowest BCUT2D eigenvalue weighted by Gasteiger charge is -2.09. The lowest BCUT2D eigenvalue weighted by Crippen LogP contribution is -2.14. The summed E-state index contributed by atoms with van der Waals surface area (Å²) in [7, 11) is 0. The van der Waals surface area contributed by atoms with Crippen LogP contribution in [-0.2, 0) is 4.79 Å². The van der Waals surface area contributed by atoms with Gasteiger partial charge in [0, 0.05) is 10.5 Å². The van der Waals surface area contributed by atoms with E-state index in [2.05, 4.69) is 15.9 Å². The molecule has 3 N–H and O–H groups in total. The van der Waals surface area contributed by atoms with Crippen molar-refractivity contribution in [2.75, 3.05) is 0 Å². The van der Waals surface area contributed by atoms with E-state index in [0.29, 0.717) is 5.02 Å². The molecule has 1 unspecified atom stereocenters. The first-order chi connectivity index (χ1) is 6.50. The van der Waals surface area contributed by atoms with Gasteiger partial charge in [-0.15, -0.1) is 0 Å². The van der Waals surface area contributed by atoms with Crippen molar-refractivity contribution < 1.29 is 9.90 Å². The number of carboxylic acid groups (broad SMARTS) is 1. The molecule has 0 radical (unpaired) electrons. The van der Waals surface area contributed by atoms with Crippen molar-refractivity contribution in [3.05, 3.63) is 33.3 Å². The average molecular weight is 279 g/mol. The first-order valence-corrected chi connectivity index (χ1v) is 5.10. The second kappa shape index (κ2) is 4.77. The molecule has 0 aliphatic heterocycles. The zero-order valence-corrected chi connectivity index (χ0v) is 9.55. The third kappa shape index (κ3) is 2.97. The highest BCUT2D eigenvalue weighted by Crippen LogP contribution is 2.26. The molecule has 0 aliphatic rings. The van der Waals surface area contributed by atoms with E-state index in [1.165, 1.54) is 0 Å². The number of carboxylic acids is 1. The Morgan fingerprint density at radius 3 is 2.79 bits per heavy atom. The van der Waals surface area contributed by atoms with Crippen molar-refractivity contribution in [1.29, 1.82) is 0 Å². The van der Waals surface area contributed by atoms with Gasteiger partial charge in [-0.3, -0.25) is 4.79 Å². The van der Waals surface area contributed by atoms with Gasteiger partial charge >= 0.3 is 5.97 Å². The van der Waals surface area contributed by atoms with Crippen molar-refractivity contribution in [3.63, 3.8) is 0 Å². The monoisotopic (exact) mass is 277 g/mol. The molecule has 0 aliphatic carbocycles. The van der Waals surface area contributed by atoms with Crippen LogP contribution in [-0.4, -0.2) is 11.1 Å². The van der Waals surface area contributed by atoms with Gasteiger partial charge in [0.15, 0.2) is 0 Å². The summed E-state index contributed by atoms with van der Waals surface area (Å²) in [5.74, 6) is -0.913. The van der Waals surface area contributed by atoms with Crippen molar-refractivity contribution in [2.45, 2.75) is 12.5 Å². The van der Waals surface area contributed by atoms with Gasteiger partial charge in [-0.25, -0.2) is 0 Å². The molecule has 5 heteroatoms. The number of halogens is 2. The van der Waals surface area contributed by atoms with Crippen molar-refractivity contribution >= 4 is 33.5 Å². The predicted molar refractivity (Wildman–Crippen MR) is 58.3 cm³/mol. The fourth-order valence-corrected chi connectivity index (χ4v) is 1.56. The van der Waals surface area contributed by atoms with Crippen LogP contribution in [0.4, 0.5) is 0 Å². The zero-order chi connectivity index (χ0) is 10.7. The highest BCUT2D eigenvalue weighted by atomic mass is 79.9. The second-order valence-corrected chi connectivity index (χ2v) is 4.14. The number of nitrogens with two attached hydrogens (primary N) is 1. The zero-order valence-electron chi connectivity index (χ0n) is 7.21. The van der Waals surface area contributed by atoms with Crippen LogP contribution in [0.25, 0.3) is 0 Å². The molecule has 0 fully saturated rings. The summed E-state index contributed by atoms with van der Waals surface area (Å²) in [6.45, 7) is 0. The molecular weight excluding hydrogens is 269 g/mol. The number of rotatable bonds is 3. The molecule has 0 saturated carbocycles. The Bertz CT molecular complexity index is 357. The van der Waals surface area contributed by atoms with E-state index in [-0.39, 0.29) is 6.42 Å². The van der Waals surface area contributed by atoms with E-state index in [1.807, 2.05) is 0 Å². The van der Waals surface area contributed by atoms with Crippen molar-refractivity contribution in [3.8, 4) is 0 Å².